The molecule has 0 saturated carbocycles. The van der Waals surface area contributed by atoms with Crippen molar-refractivity contribution in [3.63, 3.8) is 0 Å². The summed E-state index contributed by atoms with van der Waals surface area (Å²) < 4.78 is 39.3. The van der Waals surface area contributed by atoms with E-state index in [1.807, 2.05) is 0 Å². The molecule has 1 aliphatic heterocycles. The van der Waals surface area contributed by atoms with Crippen LogP contribution in [0.4, 0.5) is 4.39 Å². The van der Waals surface area contributed by atoms with E-state index < -0.39 is 33.7 Å². The molecule has 0 fully saturated rings. The van der Waals surface area contributed by atoms with E-state index in [4.69, 9.17) is 0 Å². The Bertz CT molecular complexity index is 1130. The molecule has 10 heteroatoms. The molecule has 8 nitrogen and oxygen atoms in total. The largest absolute Gasteiger partial charge is 0.355 e. The maximum Gasteiger partial charge on any atom is 0.269 e. The molecule has 1 N–H and O–H groups in total. The molecule has 3 amide bonds. The fourth-order valence-electron chi connectivity index (χ4n) is 3.48. The fourth-order valence-corrected chi connectivity index (χ4v) is 5.05. The Morgan fingerprint density at radius 1 is 1.12 bits per heavy atom. The molecule has 1 aliphatic rings. The van der Waals surface area contributed by atoms with Gasteiger partial charge >= 0.3 is 0 Å². The summed E-state index contributed by atoms with van der Waals surface area (Å²) >= 11 is 0. The van der Waals surface area contributed by atoms with Gasteiger partial charge < -0.3 is 10.2 Å². The van der Waals surface area contributed by atoms with Crippen LogP contribution in [0.25, 0.3) is 0 Å². The van der Waals surface area contributed by atoms with Gasteiger partial charge in [0.25, 0.3) is 15.9 Å². The predicted octanol–water partition coefficient (Wildman–Crippen LogP) is 1.91. The van der Waals surface area contributed by atoms with Crippen molar-refractivity contribution >= 4 is 27.7 Å². The highest BCUT2D eigenvalue weighted by Gasteiger charge is 2.41. The first-order chi connectivity index (χ1) is 15.2. The van der Waals surface area contributed by atoms with Crippen LogP contribution >= 0.6 is 0 Å². The van der Waals surface area contributed by atoms with Crippen LogP contribution in [0.3, 0.4) is 0 Å². The van der Waals surface area contributed by atoms with Gasteiger partial charge in [-0.25, -0.2) is 17.1 Å². The van der Waals surface area contributed by atoms with Crippen molar-refractivity contribution in [2.75, 3.05) is 13.1 Å². The lowest BCUT2D eigenvalue weighted by Gasteiger charge is -2.29. The fraction of sp³-hybridized carbons (Fsp3) is 0.318. The number of sulfonamides is 1. The van der Waals surface area contributed by atoms with Crippen molar-refractivity contribution in [1.29, 1.82) is 0 Å². The van der Waals surface area contributed by atoms with Crippen molar-refractivity contribution in [2.24, 2.45) is 0 Å². The third kappa shape index (κ3) is 4.64. The molecule has 0 spiro atoms. The molecule has 170 valence electrons. The van der Waals surface area contributed by atoms with Gasteiger partial charge in [0.05, 0.1) is 5.56 Å². The molecule has 3 rings (SSSR count). The van der Waals surface area contributed by atoms with Crippen molar-refractivity contribution in [3.8, 4) is 0 Å². The third-order valence-electron chi connectivity index (χ3n) is 5.23. The van der Waals surface area contributed by atoms with Gasteiger partial charge in [-0.15, -0.1) is 0 Å². The van der Waals surface area contributed by atoms with E-state index >= 15 is 0 Å². The number of hydrogen-bond donors (Lipinski definition) is 1. The molecule has 0 radical (unpaired) electrons. The number of amides is 3. The zero-order valence-electron chi connectivity index (χ0n) is 17.7. The first-order valence-electron chi connectivity index (χ1n) is 10.1. The van der Waals surface area contributed by atoms with Crippen molar-refractivity contribution in [2.45, 2.75) is 37.8 Å². The summed E-state index contributed by atoms with van der Waals surface area (Å²) in [7, 11) is -4.03. The molecular weight excluding hydrogens is 437 g/mol. The lowest BCUT2D eigenvalue weighted by atomic mass is 10.1. The zero-order valence-corrected chi connectivity index (χ0v) is 18.6. The zero-order chi connectivity index (χ0) is 23.5. The van der Waals surface area contributed by atoms with E-state index in [0.717, 1.165) is 0 Å². The first-order valence-corrected chi connectivity index (χ1v) is 11.6. The van der Waals surface area contributed by atoms with Crippen LogP contribution in [0.15, 0.2) is 53.4 Å². The molecule has 2 aromatic carbocycles. The smallest absolute Gasteiger partial charge is 0.269 e. The molecule has 0 unspecified atom stereocenters. The second-order valence-corrected chi connectivity index (χ2v) is 9.18. The van der Waals surface area contributed by atoms with Gasteiger partial charge in [-0.05, 0) is 43.7 Å². The molecule has 1 atom stereocenters. The van der Waals surface area contributed by atoms with Gasteiger partial charge in [-0.1, -0.05) is 24.3 Å². The van der Waals surface area contributed by atoms with Crippen LogP contribution in [0.2, 0.25) is 0 Å². The number of carbonyl (C=O) groups excluding carboxylic acids is 3. The molecule has 0 bridgehead atoms. The minimum atomic E-state index is -4.03. The van der Waals surface area contributed by atoms with Gasteiger partial charge in [0, 0.05) is 26.1 Å². The highest BCUT2D eigenvalue weighted by Crippen LogP contribution is 2.30. The number of likely N-dealkylation sites (N-methyl/N-ethyl adjacent to an activating group) is 1. The van der Waals surface area contributed by atoms with Crippen molar-refractivity contribution in [3.05, 3.63) is 65.5 Å². The van der Waals surface area contributed by atoms with Crippen LogP contribution in [-0.2, 0) is 26.2 Å². The van der Waals surface area contributed by atoms with Crippen LogP contribution in [0.1, 0.15) is 36.2 Å². The summed E-state index contributed by atoms with van der Waals surface area (Å²) in [5, 5.41) is 2.65. The highest BCUT2D eigenvalue weighted by molar-refractivity contribution is 7.90. The minimum absolute atomic E-state index is 0.0261. The molecule has 0 saturated heterocycles. The topological polar surface area (TPSA) is 104 Å². The summed E-state index contributed by atoms with van der Waals surface area (Å²) in [6.45, 7) is 3.36. The van der Waals surface area contributed by atoms with Crippen LogP contribution in [0, 0.1) is 5.82 Å². The lowest BCUT2D eigenvalue weighted by molar-refractivity contribution is -0.140. The normalized spacial score (nSPS) is 15.2. The number of rotatable bonds is 8. The van der Waals surface area contributed by atoms with E-state index in [1.165, 1.54) is 47.4 Å². The maximum atomic E-state index is 13.2. The van der Waals surface area contributed by atoms with Gasteiger partial charge in [0.2, 0.25) is 11.8 Å². The van der Waals surface area contributed by atoms with E-state index in [1.54, 1.807) is 19.9 Å². The molecule has 2 aromatic rings. The average Bonchev–Trinajstić information content (AvgIpc) is 2.97. The summed E-state index contributed by atoms with van der Waals surface area (Å²) in [6.07, 6.45) is -0.302. The number of nitrogens with zero attached hydrogens (tertiary/aromatic N) is 2. The maximum absolute atomic E-state index is 13.2. The van der Waals surface area contributed by atoms with Gasteiger partial charge in [0.15, 0.2) is 0 Å². The van der Waals surface area contributed by atoms with E-state index in [9.17, 15) is 27.2 Å². The van der Waals surface area contributed by atoms with Gasteiger partial charge in [0.1, 0.15) is 16.8 Å². The Morgan fingerprint density at radius 2 is 1.78 bits per heavy atom. The molecule has 1 heterocycles. The van der Waals surface area contributed by atoms with Crippen molar-refractivity contribution in [1.82, 2.24) is 14.5 Å². The number of fused-ring (bicyclic) bond motifs is 1. The number of carbonyl (C=O) groups is 3. The molecule has 0 aromatic heterocycles. The SMILES string of the molecule is CCNC(=O)[C@H](C)N(Cc1ccc(F)cc1)C(=O)CCN1C(=O)c2ccccc2S1(=O)=O. The molecule has 0 aliphatic carbocycles. The Labute approximate surface area is 186 Å². The van der Waals surface area contributed by atoms with Gasteiger partial charge in [-0.3, -0.25) is 14.4 Å². The highest BCUT2D eigenvalue weighted by atomic mass is 32.2. The standard InChI is InChI=1S/C22H24FN3O5S/c1-3-24-21(28)15(2)25(14-16-8-10-17(23)11-9-16)20(27)12-13-26-22(29)18-6-4-5-7-19(18)32(26,30)31/h4-11,15H,3,12-14H2,1-2H3,(H,24,28)/t15-/m0/s1. The lowest BCUT2D eigenvalue weighted by Crippen LogP contribution is -2.48. The summed E-state index contributed by atoms with van der Waals surface area (Å²) in [5.41, 5.74) is 0.673. The first kappa shape index (κ1) is 23.4. The minimum Gasteiger partial charge on any atom is -0.355 e. The Kier molecular flexibility index (Phi) is 6.93. The Hall–Kier alpha value is -3.27. The second-order valence-electron chi connectivity index (χ2n) is 7.35. The van der Waals surface area contributed by atoms with Crippen LogP contribution in [-0.4, -0.2) is 54.5 Å². The molecule has 32 heavy (non-hydrogen) atoms. The summed E-state index contributed by atoms with van der Waals surface area (Å²) in [6, 6.07) is 10.5. The summed E-state index contributed by atoms with van der Waals surface area (Å²) in [4.78, 5) is 39.2. The van der Waals surface area contributed by atoms with E-state index in [-0.39, 0.29) is 35.9 Å². The van der Waals surface area contributed by atoms with E-state index in [0.29, 0.717) is 16.4 Å². The number of halogens is 1. The number of hydrogen-bond acceptors (Lipinski definition) is 5. The van der Waals surface area contributed by atoms with Crippen molar-refractivity contribution < 1.29 is 27.2 Å². The van der Waals surface area contributed by atoms with Crippen LogP contribution < -0.4 is 5.32 Å². The van der Waals surface area contributed by atoms with Crippen LogP contribution in [0.5, 0.6) is 0 Å². The number of nitrogens with one attached hydrogen (secondary N) is 1. The van der Waals surface area contributed by atoms with E-state index in [2.05, 4.69) is 5.32 Å². The third-order valence-corrected chi connectivity index (χ3v) is 7.07. The van der Waals surface area contributed by atoms with Gasteiger partial charge in [-0.2, -0.15) is 0 Å². The Balaban J connectivity index is 1.78. The Morgan fingerprint density at radius 3 is 2.41 bits per heavy atom. The monoisotopic (exact) mass is 461 g/mol. The second kappa shape index (κ2) is 9.47. The average molecular weight is 462 g/mol. The predicted molar refractivity (Wildman–Crippen MR) is 114 cm³/mol. The molecular formula is C22H24FN3O5S. The quantitative estimate of drug-likeness (QED) is 0.647. The summed E-state index contributed by atoms with van der Waals surface area (Å²) in [5.74, 6) is -2.00. The number of benzene rings is 2.